The number of ketones is 1. The Bertz CT molecular complexity index is 899. The fraction of sp³-hybridized carbons (Fsp3) is 0.625. The highest BCUT2D eigenvalue weighted by atomic mass is 28.4. The maximum atomic E-state index is 13.8. The van der Waals surface area contributed by atoms with Gasteiger partial charge < -0.3 is 37.3 Å². The van der Waals surface area contributed by atoms with Crippen molar-refractivity contribution in [3.8, 4) is 0 Å². The minimum absolute atomic E-state index is 0.0221. The van der Waals surface area contributed by atoms with Gasteiger partial charge >= 0.3 is 23.6 Å². The number of Topliss-reactive ketones (excluding diaryl/α,β-unsaturated/α-hetero) is 1. The van der Waals surface area contributed by atoms with Crippen molar-refractivity contribution >= 4 is 35.3 Å². The van der Waals surface area contributed by atoms with Crippen molar-refractivity contribution in [2.24, 2.45) is 0 Å². The van der Waals surface area contributed by atoms with E-state index < -0.39 is 72.0 Å². The molecule has 0 aliphatic carbocycles. The summed E-state index contributed by atoms with van der Waals surface area (Å²) in [5.41, 5.74) is -0.414. The first kappa shape index (κ1) is 33.1. The van der Waals surface area contributed by atoms with Crippen LogP contribution in [-0.4, -0.2) is 91.6 Å². The molecular formula is C24H41NO10Si2. The van der Waals surface area contributed by atoms with Crippen LogP contribution in [0.5, 0.6) is 0 Å². The van der Waals surface area contributed by atoms with Crippen LogP contribution in [0.3, 0.4) is 0 Å². The zero-order valence-corrected chi connectivity index (χ0v) is 25.1. The number of aromatic carboxylic acids is 1. The number of nitrogens with zero attached hydrogens (tertiary/aromatic N) is 1. The summed E-state index contributed by atoms with van der Waals surface area (Å²) in [6, 6.07) is 3.62. The molecule has 3 N–H and O–H groups in total. The van der Waals surface area contributed by atoms with Gasteiger partial charge in [0.15, 0.2) is 5.78 Å². The highest BCUT2D eigenvalue weighted by Gasteiger charge is 2.48. The number of carboxylic acids is 1. The molecule has 0 bridgehead atoms. The zero-order valence-electron chi connectivity index (χ0n) is 23.1. The van der Waals surface area contributed by atoms with Crippen LogP contribution in [-0.2, 0) is 17.7 Å². The molecule has 0 fully saturated rings. The van der Waals surface area contributed by atoms with Crippen molar-refractivity contribution in [1.29, 1.82) is 0 Å². The molecule has 1 rings (SSSR count). The molecule has 0 saturated heterocycles. The van der Waals surface area contributed by atoms with Crippen LogP contribution in [0.25, 0.3) is 0 Å². The number of amides is 1. The second kappa shape index (κ2) is 13.7. The van der Waals surface area contributed by atoms with Crippen LogP contribution in [0.15, 0.2) is 18.2 Å². The van der Waals surface area contributed by atoms with Crippen LogP contribution < -0.4 is 0 Å². The summed E-state index contributed by atoms with van der Waals surface area (Å²) in [6.07, 6.45) is -2.53. The molecule has 1 aromatic carbocycles. The third kappa shape index (κ3) is 10.7. The summed E-state index contributed by atoms with van der Waals surface area (Å²) in [5.74, 6) is -2.54. The minimum atomic E-state index is -4.03. The number of benzene rings is 1. The van der Waals surface area contributed by atoms with Crippen molar-refractivity contribution in [2.75, 3.05) is 12.3 Å². The molecule has 1 amide bonds. The van der Waals surface area contributed by atoms with Gasteiger partial charge in [-0.15, -0.1) is 0 Å². The fourth-order valence-electron chi connectivity index (χ4n) is 3.70. The van der Waals surface area contributed by atoms with Gasteiger partial charge in [0.25, 0.3) is 5.91 Å². The zero-order chi connectivity index (χ0) is 28.7. The minimum Gasteiger partial charge on any atom is -0.478 e. The molecule has 0 spiro atoms. The Morgan fingerprint density at radius 2 is 1.14 bits per heavy atom. The third-order valence-electron chi connectivity index (χ3n) is 4.62. The Morgan fingerprint density at radius 3 is 1.43 bits per heavy atom. The monoisotopic (exact) mass is 559 g/mol. The van der Waals surface area contributed by atoms with Gasteiger partial charge in [-0.05, 0) is 80.5 Å². The van der Waals surface area contributed by atoms with E-state index in [2.05, 4.69) is 0 Å². The second-order valence-corrected chi connectivity index (χ2v) is 14.3. The Balaban J connectivity index is 3.63. The smallest absolute Gasteiger partial charge is 0.478 e. The molecule has 0 atom stereocenters. The summed E-state index contributed by atoms with van der Waals surface area (Å²) < 4.78 is 23.0. The molecule has 0 unspecified atom stereocenters. The van der Waals surface area contributed by atoms with Crippen LogP contribution >= 0.6 is 0 Å². The molecule has 210 valence electrons. The van der Waals surface area contributed by atoms with E-state index in [0.29, 0.717) is 0 Å². The standard InChI is InChI=1S/C24H41NO10Si2/c1-15(2)32-36(30,33-16(3)4)13-25(14-37(31,34-17(5)6)35-18(7)8)23(27)20-10-11-21(24(28)29)22(12-20)19(9)26/h10-12,15-18,30-31H,13-14H2,1-9H3,(H,28,29). The molecule has 0 saturated carbocycles. The van der Waals surface area contributed by atoms with E-state index in [1.165, 1.54) is 25.1 Å². The summed E-state index contributed by atoms with van der Waals surface area (Å²) in [4.78, 5) is 61.3. The van der Waals surface area contributed by atoms with Gasteiger partial charge in [0.1, 0.15) is 0 Å². The molecular weight excluding hydrogens is 518 g/mol. The molecule has 37 heavy (non-hydrogen) atoms. The molecule has 0 heterocycles. The van der Waals surface area contributed by atoms with E-state index in [0.717, 1.165) is 4.90 Å². The SMILES string of the molecule is CC(=O)c1cc(C(=O)N(C[Si](O)(OC(C)C)OC(C)C)C[Si](O)(OC(C)C)OC(C)C)ccc1C(=O)O. The van der Waals surface area contributed by atoms with E-state index in [1.54, 1.807) is 55.4 Å². The topological polar surface area (TPSA) is 152 Å². The van der Waals surface area contributed by atoms with E-state index in [9.17, 15) is 29.1 Å². The first-order valence-electron chi connectivity index (χ1n) is 12.2. The van der Waals surface area contributed by atoms with Crippen LogP contribution in [0.4, 0.5) is 0 Å². The average molecular weight is 560 g/mol. The van der Waals surface area contributed by atoms with Crippen molar-refractivity contribution in [1.82, 2.24) is 4.90 Å². The third-order valence-corrected chi connectivity index (χ3v) is 9.55. The maximum absolute atomic E-state index is 13.8. The highest BCUT2D eigenvalue weighted by Crippen LogP contribution is 2.21. The normalized spacial score (nSPS) is 12.6. The van der Waals surface area contributed by atoms with Crippen molar-refractivity contribution in [2.45, 2.75) is 86.7 Å². The molecule has 11 nitrogen and oxygen atoms in total. The van der Waals surface area contributed by atoms with Crippen LogP contribution in [0.1, 0.15) is 93.4 Å². The number of carboxylic acid groups (broad SMARTS) is 1. The van der Waals surface area contributed by atoms with E-state index in [1.807, 2.05) is 0 Å². The van der Waals surface area contributed by atoms with Gasteiger partial charge in [-0.25, -0.2) is 4.79 Å². The first-order valence-corrected chi connectivity index (χ1v) is 16.2. The Kier molecular flexibility index (Phi) is 12.2. The average Bonchev–Trinajstić information content (AvgIpc) is 2.69. The van der Waals surface area contributed by atoms with Crippen molar-refractivity contribution in [3.05, 3.63) is 34.9 Å². The quantitative estimate of drug-likeness (QED) is 0.216. The molecule has 0 radical (unpaired) electrons. The predicted molar refractivity (Wildman–Crippen MR) is 140 cm³/mol. The van der Waals surface area contributed by atoms with Crippen molar-refractivity contribution < 1.29 is 46.8 Å². The lowest BCUT2D eigenvalue weighted by atomic mass is 10.0. The number of hydrogen-bond acceptors (Lipinski definition) is 9. The lowest BCUT2D eigenvalue weighted by Crippen LogP contribution is -2.62. The molecule has 0 aromatic heterocycles. The van der Waals surface area contributed by atoms with Crippen LogP contribution in [0, 0.1) is 0 Å². The number of hydrogen-bond donors (Lipinski definition) is 3. The molecule has 0 aliphatic rings. The summed E-state index contributed by atoms with van der Waals surface area (Å²) in [6.45, 7) is 14.9. The summed E-state index contributed by atoms with van der Waals surface area (Å²) in [7, 11) is -8.07. The summed E-state index contributed by atoms with van der Waals surface area (Å²) >= 11 is 0. The van der Waals surface area contributed by atoms with Crippen molar-refractivity contribution in [3.63, 3.8) is 0 Å². The number of rotatable bonds is 15. The van der Waals surface area contributed by atoms with Gasteiger partial charge in [0.2, 0.25) is 0 Å². The second-order valence-electron chi connectivity index (χ2n) is 9.87. The van der Waals surface area contributed by atoms with Gasteiger partial charge in [0.05, 0.1) is 17.9 Å². The fourth-order valence-corrected chi connectivity index (χ4v) is 8.75. The predicted octanol–water partition coefficient (Wildman–Crippen LogP) is 2.67. The molecule has 1 aromatic rings. The lowest BCUT2D eigenvalue weighted by molar-refractivity contribution is 0.0215. The van der Waals surface area contributed by atoms with Gasteiger partial charge in [-0.1, -0.05) is 0 Å². The first-order chi connectivity index (χ1) is 16.9. The Labute approximate surface area is 221 Å². The molecule has 13 heteroatoms. The lowest BCUT2D eigenvalue weighted by Gasteiger charge is -2.37. The largest absolute Gasteiger partial charge is 0.519 e. The van der Waals surface area contributed by atoms with E-state index >= 15 is 0 Å². The van der Waals surface area contributed by atoms with Gasteiger partial charge in [-0.3, -0.25) is 9.59 Å². The Morgan fingerprint density at radius 1 is 0.757 bits per heavy atom. The highest BCUT2D eigenvalue weighted by molar-refractivity contribution is 6.61. The number of carbonyl (C=O) groups excluding carboxylic acids is 2. The van der Waals surface area contributed by atoms with Gasteiger partial charge in [-0.2, -0.15) is 0 Å². The molecule has 0 aliphatic heterocycles. The number of carbonyl (C=O) groups is 3. The Hall–Kier alpha value is -1.98. The van der Waals surface area contributed by atoms with Gasteiger partial charge in [0, 0.05) is 35.5 Å². The van der Waals surface area contributed by atoms with Crippen LogP contribution in [0.2, 0.25) is 0 Å². The maximum Gasteiger partial charge on any atom is 0.519 e. The summed E-state index contributed by atoms with van der Waals surface area (Å²) in [5, 5.41) is 9.43. The van der Waals surface area contributed by atoms with E-state index in [4.69, 9.17) is 17.7 Å². The van der Waals surface area contributed by atoms with E-state index in [-0.39, 0.29) is 16.7 Å².